The van der Waals surface area contributed by atoms with Gasteiger partial charge in [-0.15, -0.1) is 0 Å². The zero-order valence-corrected chi connectivity index (χ0v) is 8.01. The van der Waals surface area contributed by atoms with Gasteiger partial charge in [-0.1, -0.05) is 0 Å². The van der Waals surface area contributed by atoms with Crippen LogP contribution in [-0.2, 0) is 0 Å². The molecule has 54 valence electrons. The zero-order valence-electron chi connectivity index (χ0n) is 6.14. The summed E-state index contributed by atoms with van der Waals surface area (Å²) in [5.74, 6) is 0. The Morgan fingerprint density at radius 3 is 2.56 bits per heavy atom. The molecule has 0 unspecified atom stereocenters. The molecule has 0 fully saturated rings. The summed E-state index contributed by atoms with van der Waals surface area (Å²) in [6.07, 6.45) is 9.83. The second kappa shape index (κ2) is 8.26. The van der Waals surface area contributed by atoms with Crippen molar-refractivity contribution >= 4 is 16.0 Å². The van der Waals surface area contributed by atoms with Gasteiger partial charge in [-0.3, -0.25) is 0 Å². The van der Waals surface area contributed by atoms with E-state index in [4.69, 9.17) is 0 Å². The Morgan fingerprint density at radius 2 is 2.00 bits per heavy atom. The van der Waals surface area contributed by atoms with Gasteiger partial charge in [0, 0.05) is 0 Å². The molecule has 0 spiro atoms. The Bertz CT molecular complexity index is 67.0. The van der Waals surface area contributed by atoms with Crippen molar-refractivity contribution in [3.8, 4) is 0 Å². The second-order valence-electron chi connectivity index (χ2n) is 2.15. The molecule has 0 aromatic rings. The molecule has 0 rings (SSSR count). The molecule has 0 amide bonds. The van der Waals surface area contributed by atoms with Crippen LogP contribution >= 0.6 is 0 Å². The predicted molar refractivity (Wildman–Crippen MR) is 45.2 cm³/mol. The van der Waals surface area contributed by atoms with Gasteiger partial charge >= 0.3 is 66.1 Å². The van der Waals surface area contributed by atoms with E-state index >= 15 is 0 Å². The first-order valence-electron chi connectivity index (χ1n) is 3.67. The number of allylic oxidation sites excluding steroid dienone is 2. The molecule has 0 aromatic carbocycles. The third-order valence-electron chi connectivity index (χ3n) is 1.25. The van der Waals surface area contributed by atoms with E-state index in [9.17, 15) is 0 Å². The van der Waals surface area contributed by atoms with Crippen LogP contribution in [0, 0.1) is 0 Å². The molecule has 0 atom stereocenters. The van der Waals surface area contributed by atoms with E-state index in [1.54, 1.807) is 0 Å². The standard InChI is InChI=1S/C8H16Se/c1-2-3-4-5-6-7-8-9/h6-7,9H,2-5,8H2,1H3. The van der Waals surface area contributed by atoms with Crippen molar-refractivity contribution in [3.63, 3.8) is 0 Å². The summed E-state index contributed by atoms with van der Waals surface area (Å²) >= 11 is 2.56. The van der Waals surface area contributed by atoms with Crippen LogP contribution in [0.4, 0.5) is 0 Å². The van der Waals surface area contributed by atoms with Crippen molar-refractivity contribution < 1.29 is 0 Å². The molecule has 1 heteroatoms. The zero-order chi connectivity index (χ0) is 6.95. The first kappa shape index (κ1) is 9.26. The van der Waals surface area contributed by atoms with Crippen molar-refractivity contribution in [2.75, 3.05) is 0 Å². The third-order valence-corrected chi connectivity index (χ3v) is 1.69. The van der Waals surface area contributed by atoms with Gasteiger partial charge in [0.25, 0.3) is 0 Å². The molecular weight excluding hydrogens is 175 g/mol. The summed E-state index contributed by atoms with van der Waals surface area (Å²) in [5, 5.41) is 1.12. The number of rotatable bonds is 5. The average molecular weight is 191 g/mol. The molecule has 0 heterocycles. The van der Waals surface area contributed by atoms with Gasteiger partial charge in [-0.2, -0.15) is 0 Å². The minimum absolute atomic E-state index is 1.12. The molecule has 0 N–H and O–H groups in total. The van der Waals surface area contributed by atoms with Crippen LogP contribution in [0.25, 0.3) is 0 Å². The van der Waals surface area contributed by atoms with E-state index < -0.39 is 0 Å². The first-order valence-corrected chi connectivity index (χ1v) is 5.00. The van der Waals surface area contributed by atoms with Crippen molar-refractivity contribution in [2.24, 2.45) is 0 Å². The molecule has 0 aliphatic heterocycles. The number of hydrogen-bond donors (Lipinski definition) is 0. The summed E-state index contributed by atoms with van der Waals surface area (Å²) in [6.45, 7) is 2.24. The van der Waals surface area contributed by atoms with Crippen LogP contribution < -0.4 is 0 Å². The van der Waals surface area contributed by atoms with E-state index in [0.29, 0.717) is 0 Å². The van der Waals surface area contributed by atoms with E-state index in [1.165, 1.54) is 25.7 Å². The second-order valence-corrected chi connectivity index (χ2v) is 2.92. The van der Waals surface area contributed by atoms with Crippen molar-refractivity contribution in [1.29, 1.82) is 0 Å². The normalized spacial score (nSPS) is 10.9. The van der Waals surface area contributed by atoms with Gasteiger partial charge in [-0.25, -0.2) is 0 Å². The van der Waals surface area contributed by atoms with E-state index in [-0.39, 0.29) is 0 Å². The summed E-state index contributed by atoms with van der Waals surface area (Å²) in [7, 11) is 0. The Kier molecular flexibility index (Phi) is 8.50. The Hall–Kier alpha value is 0.259. The molecular formula is C8H16Se. The molecule has 0 radical (unpaired) electrons. The molecule has 9 heavy (non-hydrogen) atoms. The van der Waals surface area contributed by atoms with Crippen LogP contribution in [-0.4, -0.2) is 16.0 Å². The fourth-order valence-electron chi connectivity index (χ4n) is 0.705. The molecule has 0 aliphatic rings. The Balaban J connectivity index is 2.82. The maximum absolute atomic E-state index is 2.56. The first-order chi connectivity index (χ1) is 4.41. The monoisotopic (exact) mass is 192 g/mol. The third kappa shape index (κ3) is 8.26. The van der Waals surface area contributed by atoms with Crippen LogP contribution in [0.2, 0.25) is 5.32 Å². The van der Waals surface area contributed by atoms with Gasteiger partial charge in [0.1, 0.15) is 0 Å². The fraction of sp³-hybridized carbons (Fsp3) is 0.750. The van der Waals surface area contributed by atoms with E-state index in [1.807, 2.05) is 0 Å². The van der Waals surface area contributed by atoms with Crippen molar-refractivity contribution in [2.45, 2.75) is 37.9 Å². The maximum atomic E-state index is 2.56. The van der Waals surface area contributed by atoms with Crippen LogP contribution in [0.3, 0.4) is 0 Å². The number of hydrogen-bond acceptors (Lipinski definition) is 0. The summed E-state index contributed by atoms with van der Waals surface area (Å²) in [4.78, 5) is 0. The average Bonchev–Trinajstić information content (AvgIpc) is 1.89. The molecule has 0 aliphatic carbocycles. The van der Waals surface area contributed by atoms with E-state index in [0.717, 1.165) is 5.32 Å². The van der Waals surface area contributed by atoms with Gasteiger partial charge in [0.2, 0.25) is 0 Å². The van der Waals surface area contributed by atoms with Crippen molar-refractivity contribution in [3.05, 3.63) is 12.2 Å². The molecule has 0 aromatic heterocycles. The summed E-state index contributed by atoms with van der Waals surface area (Å²) < 4.78 is 0. The van der Waals surface area contributed by atoms with Gasteiger partial charge in [0.15, 0.2) is 0 Å². The van der Waals surface area contributed by atoms with Crippen LogP contribution in [0.5, 0.6) is 0 Å². The van der Waals surface area contributed by atoms with Gasteiger partial charge in [0.05, 0.1) is 0 Å². The molecule has 0 bridgehead atoms. The molecule has 0 saturated heterocycles. The van der Waals surface area contributed by atoms with Gasteiger partial charge < -0.3 is 0 Å². The predicted octanol–water partition coefficient (Wildman–Crippen LogP) is 2.44. The summed E-state index contributed by atoms with van der Waals surface area (Å²) in [5.41, 5.74) is 0. The molecule has 0 saturated carbocycles. The van der Waals surface area contributed by atoms with Crippen LogP contribution in [0.1, 0.15) is 32.6 Å². The quantitative estimate of drug-likeness (QED) is 0.355. The number of unbranched alkanes of at least 4 members (excludes halogenated alkanes) is 3. The van der Waals surface area contributed by atoms with Crippen molar-refractivity contribution in [1.82, 2.24) is 0 Å². The Morgan fingerprint density at radius 1 is 1.22 bits per heavy atom. The van der Waals surface area contributed by atoms with Gasteiger partial charge in [-0.05, 0) is 0 Å². The molecule has 0 nitrogen and oxygen atoms in total. The SMILES string of the molecule is CCCCCC=CC[SeH]. The fourth-order valence-corrected chi connectivity index (χ4v) is 1.02. The van der Waals surface area contributed by atoms with Crippen LogP contribution in [0.15, 0.2) is 12.2 Å². The topological polar surface area (TPSA) is 0 Å². The van der Waals surface area contributed by atoms with E-state index in [2.05, 4.69) is 35.1 Å². The Labute approximate surface area is 66.5 Å². The summed E-state index contributed by atoms with van der Waals surface area (Å²) in [6, 6.07) is 0. The minimum atomic E-state index is 1.12.